The molecule has 0 spiro atoms. The van der Waals surface area contributed by atoms with Crippen molar-refractivity contribution in [2.45, 2.75) is 4.90 Å². The molecule has 0 amide bonds. The number of rotatable bonds is 6. The highest BCUT2D eigenvalue weighted by Gasteiger charge is 2.32. The maximum absolute atomic E-state index is 12.9. The van der Waals surface area contributed by atoms with Crippen LogP contribution in [0.1, 0.15) is 0 Å². The lowest BCUT2D eigenvalue weighted by Gasteiger charge is -2.33. The Morgan fingerprint density at radius 2 is 1.68 bits per heavy atom. The van der Waals surface area contributed by atoms with Crippen molar-refractivity contribution in [1.29, 1.82) is 0 Å². The van der Waals surface area contributed by atoms with Crippen LogP contribution >= 0.6 is 11.6 Å². The zero-order valence-electron chi connectivity index (χ0n) is 16.8. The Morgan fingerprint density at radius 3 is 2.32 bits per heavy atom. The molecule has 1 saturated heterocycles. The molecular formula is C19H22ClN5O5S. The van der Waals surface area contributed by atoms with Crippen molar-refractivity contribution in [2.75, 3.05) is 40.0 Å². The summed E-state index contributed by atoms with van der Waals surface area (Å²) < 4.78 is 37.9. The quantitative estimate of drug-likeness (QED) is 0.686. The largest absolute Gasteiger partial charge is 0.497 e. The first-order valence-electron chi connectivity index (χ1n) is 9.52. The number of sulfonamides is 1. The zero-order valence-corrected chi connectivity index (χ0v) is 18.3. The number of hydrazine groups is 1. The molecule has 12 heteroatoms. The third kappa shape index (κ3) is 4.96. The smallest absolute Gasteiger partial charge is 0.332 e. The van der Waals surface area contributed by atoms with E-state index in [-0.39, 0.29) is 11.6 Å². The number of benzene rings is 2. The Hall–Kier alpha value is -2.73. The number of ether oxygens (including phenoxy) is 2. The number of amidine groups is 1. The molecular weight excluding hydrogens is 446 g/mol. The molecule has 0 unspecified atom stereocenters. The normalized spacial score (nSPS) is 17.3. The van der Waals surface area contributed by atoms with Gasteiger partial charge in [0.2, 0.25) is 10.0 Å². The summed E-state index contributed by atoms with van der Waals surface area (Å²) in [6, 6.07) is 13.7. The van der Waals surface area contributed by atoms with Crippen LogP contribution in [0.15, 0.2) is 58.5 Å². The lowest BCUT2D eigenvalue weighted by atomic mass is 10.3. The minimum absolute atomic E-state index is 0.122. The molecule has 2 aliphatic rings. The second kappa shape index (κ2) is 9.18. The van der Waals surface area contributed by atoms with Gasteiger partial charge in [0, 0.05) is 31.2 Å². The fourth-order valence-corrected chi connectivity index (χ4v) is 4.65. The SMILES string of the molecule is COc1ccc(S(=O)(=O)N2CCN(C3=NN(COc4ccc(Cl)cc4)NO3)CC2)cc1. The molecule has 0 atom stereocenters. The van der Waals surface area contributed by atoms with Crippen molar-refractivity contribution < 1.29 is 22.7 Å². The summed E-state index contributed by atoms with van der Waals surface area (Å²) in [6.45, 7) is 1.65. The zero-order chi connectivity index (χ0) is 21.8. The molecule has 4 rings (SSSR count). The van der Waals surface area contributed by atoms with E-state index in [9.17, 15) is 8.42 Å². The number of hydrogen-bond acceptors (Lipinski definition) is 9. The van der Waals surface area contributed by atoms with Gasteiger partial charge in [-0.3, -0.25) is 0 Å². The van der Waals surface area contributed by atoms with Gasteiger partial charge in [0.1, 0.15) is 11.5 Å². The van der Waals surface area contributed by atoms with Crippen LogP contribution in [0.5, 0.6) is 11.5 Å². The number of nitrogens with one attached hydrogen (secondary N) is 1. The summed E-state index contributed by atoms with van der Waals surface area (Å²) in [6.07, 6.45) is 0. The summed E-state index contributed by atoms with van der Waals surface area (Å²) in [5, 5.41) is 6.35. The predicted octanol–water partition coefficient (Wildman–Crippen LogP) is 1.71. The van der Waals surface area contributed by atoms with Crippen LogP contribution in [-0.4, -0.2) is 68.8 Å². The Morgan fingerprint density at radius 1 is 1.03 bits per heavy atom. The molecule has 2 aromatic rings. The molecule has 2 aliphatic heterocycles. The minimum Gasteiger partial charge on any atom is -0.497 e. The van der Waals surface area contributed by atoms with Crippen LogP contribution in [-0.2, 0) is 14.9 Å². The highest BCUT2D eigenvalue weighted by atomic mass is 35.5. The first kappa shape index (κ1) is 21.5. The lowest BCUT2D eigenvalue weighted by molar-refractivity contribution is -0.0191. The fourth-order valence-electron chi connectivity index (χ4n) is 3.10. The van der Waals surface area contributed by atoms with Gasteiger partial charge in [-0.2, -0.15) is 9.42 Å². The van der Waals surface area contributed by atoms with Gasteiger partial charge in [-0.1, -0.05) is 16.7 Å². The molecule has 0 saturated carbocycles. The molecule has 2 heterocycles. The van der Waals surface area contributed by atoms with Crippen LogP contribution in [0.3, 0.4) is 0 Å². The van der Waals surface area contributed by atoms with Gasteiger partial charge in [-0.25, -0.2) is 8.42 Å². The molecule has 0 bridgehead atoms. The van der Waals surface area contributed by atoms with E-state index >= 15 is 0 Å². The van der Waals surface area contributed by atoms with E-state index in [0.29, 0.717) is 48.7 Å². The number of nitrogens with zero attached hydrogens (tertiary/aromatic N) is 4. The molecule has 31 heavy (non-hydrogen) atoms. The standard InChI is InChI=1S/C19H22ClN5O5S/c1-28-16-6-8-18(9-7-16)31(26,27)24-12-10-23(11-13-24)19-21-25(22-30-19)14-29-17-4-2-15(20)3-5-17/h2-9,22H,10-14H2,1H3. The first-order valence-corrected chi connectivity index (χ1v) is 11.3. The van der Waals surface area contributed by atoms with Crippen LogP contribution in [0.4, 0.5) is 0 Å². The van der Waals surface area contributed by atoms with Crippen LogP contribution in [0, 0.1) is 0 Å². The van der Waals surface area contributed by atoms with Gasteiger partial charge < -0.3 is 19.2 Å². The van der Waals surface area contributed by atoms with Crippen molar-refractivity contribution in [3.63, 3.8) is 0 Å². The molecule has 166 valence electrons. The van der Waals surface area contributed by atoms with E-state index < -0.39 is 10.0 Å². The molecule has 0 aromatic heterocycles. The van der Waals surface area contributed by atoms with Crippen LogP contribution in [0.25, 0.3) is 0 Å². The van der Waals surface area contributed by atoms with E-state index in [2.05, 4.69) is 10.7 Å². The minimum atomic E-state index is -3.57. The van der Waals surface area contributed by atoms with E-state index in [0.717, 1.165) is 0 Å². The Balaban J connectivity index is 1.31. The number of halogens is 1. The third-order valence-electron chi connectivity index (χ3n) is 4.82. The first-order chi connectivity index (χ1) is 15.0. The third-order valence-corrected chi connectivity index (χ3v) is 6.99. The number of piperazine rings is 1. The average molecular weight is 468 g/mol. The van der Waals surface area contributed by atoms with E-state index in [1.54, 1.807) is 48.5 Å². The van der Waals surface area contributed by atoms with Crippen LogP contribution < -0.4 is 15.1 Å². The topological polar surface area (TPSA) is 95.9 Å². The molecule has 2 aromatic carbocycles. The highest BCUT2D eigenvalue weighted by molar-refractivity contribution is 7.89. The molecule has 0 aliphatic carbocycles. The van der Waals surface area contributed by atoms with Gasteiger partial charge in [0.05, 0.1) is 12.0 Å². The van der Waals surface area contributed by atoms with Crippen molar-refractivity contribution in [1.82, 2.24) is 19.9 Å². The molecule has 1 fully saturated rings. The van der Waals surface area contributed by atoms with Crippen LogP contribution in [0.2, 0.25) is 5.02 Å². The lowest BCUT2D eigenvalue weighted by Crippen LogP contribution is -2.50. The highest BCUT2D eigenvalue weighted by Crippen LogP contribution is 2.21. The predicted molar refractivity (Wildman–Crippen MR) is 114 cm³/mol. The van der Waals surface area contributed by atoms with E-state index in [1.165, 1.54) is 16.5 Å². The summed E-state index contributed by atoms with van der Waals surface area (Å²) in [4.78, 5) is 7.52. The summed E-state index contributed by atoms with van der Waals surface area (Å²) in [7, 11) is -2.03. The van der Waals surface area contributed by atoms with Gasteiger partial charge in [0.25, 0.3) is 0 Å². The Kier molecular flexibility index (Phi) is 6.37. The number of hydrogen-bond donors (Lipinski definition) is 1. The summed E-state index contributed by atoms with van der Waals surface area (Å²) >= 11 is 5.86. The average Bonchev–Trinajstić information content (AvgIpc) is 3.28. The Bertz CT molecular complexity index is 1020. The summed E-state index contributed by atoms with van der Waals surface area (Å²) in [5.74, 6) is 1.25. The number of methoxy groups -OCH3 is 1. The van der Waals surface area contributed by atoms with Crippen molar-refractivity contribution in [3.8, 4) is 11.5 Å². The molecule has 0 radical (unpaired) electrons. The van der Waals surface area contributed by atoms with Gasteiger partial charge in [0.15, 0.2) is 6.73 Å². The van der Waals surface area contributed by atoms with Crippen molar-refractivity contribution in [3.05, 3.63) is 53.6 Å². The van der Waals surface area contributed by atoms with Gasteiger partial charge in [-0.05, 0) is 54.1 Å². The summed E-state index contributed by atoms with van der Waals surface area (Å²) in [5.41, 5.74) is 2.66. The van der Waals surface area contributed by atoms with Crippen molar-refractivity contribution in [2.24, 2.45) is 5.10 Å². The maximum atomic E-state index is 12.9. The second-order valence-electron chi connectivity index (χ2n) is 6.77. The van der Waals surface area contributed by atoms with E-state index in [4.69, 9.17) is 25.9 Å². The monoisotopic (exact) mass is 467 g/mol. The van der Waals surface area contributed by atoms with Crippen molar-refractivity contribution >= 4 is 27.6 Å². The molecule has 10 nitrogen and oxygen atoms in total. The maximum Gasteiger partial charge on any atom is 0.332 e. The second-order valence-corrected chi connectivity index (χ2v) is 9.14. The number of hydrazone groups is 1. The Labute approximate surface area is 185 Å². The van der Waals surface area contributed by atoms with E-state index in [1.807, 2.05) is 4.90 Å². The van der Waals surface area contributed by atoms with Gasteiger partial charge >= 0.3 is 6.02 Å². The van der Waals surface area contributed by atoms with Gasteiger partial charge in [-0.15, -0.1) is 0 Å². The molecule has 1 N–H and O–H groups in total. The fraction of sp³-hybridized carbons (Fsp3) is 0.316.